The summed E-state index contributed by atoms with van der Waals surface area (Å²) in [7, 11) is 0. The van der Waals surface area contributed by atoms with Crippen LogP contribution < -0.4 is 11.3 Å². The standard InChI is InChI=1S/C7H12N2/c1-2-3-7(9-8)6-4-5-6/h1,6-7,9H,3-5,8H2. The Morgan fingerprint density at radius 3 is 2.78 bits per heavy atom. The molecule has 0 heterocycles. The monoisotopic (exact) mass is 124 g/mol. The van der Waals surface area contributed by atoms with Gasteiger partial charge in [0.15, 0.2) is 0 Å². The molecule has 0 aromatic heterocycles. The first-order valence-corrected chi connectivity index (χ1v) is 3.28. The minimum absolute atomic E-state index is 0.370. The first-order valence-electron chi connectivity index (χ1n) is 3.28. The van der Waals surface area contributed by atoms with Crippen molar-refractivity contribution in [3.05, 3.63) is 0 Å². The maximum absolute atomic E-state index is 5.25. The second-order valence-corrected chi connectivity index (χ2v) is 2.52. The Labute approximate surface area is 55.8 Å². The Morgan fingerprint density at radius 2 is 2.44 bits per heavy atom. The van der Waals surface area contributed by atoms with Crippen molar-refractivity contribution in [1.82, 2.24) is 5.43 Å². The van der Waals surface area contributed by atoms with E-state index in [4.69, 9.17) is 12.3 Å². The molecule has 3 N–H and O–H groups in total. The Kier molecular flexibility index (Phi) is 2.10. The predicted molar refractivity (Wildman–Crippen MR) is 37.3 cm³/mol. The van der Waals surface area contributed by atoms with Gasteiger partial charge in [-0.1, -0.05) is 0 Å². The smallest absolute Gasteiger partial charge is 0.0348 e. The van der Waals surface area contributed by atoms with Crippen molar-refractivity contribution in [1.29, 1.82) is 0 Å². The first-order chi connectivity index (χ1) is 4.38. The lowest BCUT2D eigenvalue weighted by molar-refractivity contribution is 0.485. The average Bonchev–Trinajstić information content (AvgIpc) is 2.64. The van der Waals surface area contributed by atoms with Gasteiger partial charge in [0, 0.05) is 12.5 Å². The third-order valence-electron chi connectivity index (χ3n) is 1.74. The summed E-state index contributed by atoms with van der Waals surface area (Å²) in [4.78, 5) is 0. The minimum atomic E-state index is 0.370. The molecule has 0 amide bonds. The molecule has 50 valence electrons. The van der Waals surface area contributed by atoms with E-state index < -0.39 is 0 Å². The second kappa shape index (κ2) is 2.86. The van der Waals surface area contributed by atoms with Gasteiger partial charge in [0.1, 0.15) is 0 Å². The fourth-order valence-electron chi connectivity index (χ4n) is 0.987. The predicted octanol–water partition coefficient (Wildman–Crippen LogP) is 0.252. The van der Waals surface area contributed by atoms with Crippen molar-refractivity contribution >= 4 is 0 Å². The summed E-state index contributed by atoms with van der Waals surface area (Å²) in [5.74, 6) is 8.61. The molecule has 0 aromatic carbocycles. The lowest BCUT2D eigenvalue weighted by atomic mass is 10.1. The molecule has 1 unspecified atom stereocenters. The summed E-state index contributed by atoms with van der Waals surface area (Å²) in [5, 5.41) is 0. The van der Waals surface area contributed by atoms with Crippen LogP contribution in [0.3, 0.4) is 0 Å². The van der Waals surface area contributed by atoms with Gasteiger partial charge in [-0.15, -0.1) is 12.3 Å². The molecular formula is C7H12N2. The van der Waals surface area contributed by atoms with E-state index in [1.54, 1.807) is 0 Å². The van der Waals surface area contributed by atoms with Gasteiger partial charge >= 0.3 is 0 Å². The van der Waals surface area contributed by atoms with Gasteiger partial charge in [-0.05, 0) is 18.8 Å². The van der Waals surface area contributed by atoms with Crippen LogP contribution in [0.5, 0.6) is 0 Å². The summed E-state index contributed by atoms with van der Waals surface area (Å²) in [5.41, 5.74) is 2.72. The molecule has 0 aliphatic heterocycles. The Morgan fingerprint density at radius 1 is 1.78 bits per heavy atom. The van der Waals surface area contributed by atoms with E-state index in [9.17, 15) is 0 Å². The van der Waals surface area contributed by atoms with Crippen LogP contribution in [-0.2, 0) is 0 Å². The van der Waals surface area contributed by atoms with Crippen molar-refractivity contribution in [3.8, 4) is 12.3 Å². The topological polar surface area (TPSA) is 38.0 Å². The molecule has 2 heteroatoms. The third kappa shape index (κ3) is 1.70. The van der Waals surface area contributed by atoms with E-state index in [1.807, 2.05) is 0 Å². The van der Waals surface area contributed by atoms with Crippen molar-refractivity contribution < 1.29 is 0 Å². The highest BCUT2D eigenvalue weighted by Crippen LogP contribution is 2.33. The molecule has 0 radical (unpaired) electrons. The molecule has 1 saturated carbocycles. The van der Waals surface area contributed by atoms with Gasteiger partial charge in [-0.3, -0.25) is 11.3 Å². The molecule has 1 aliphatic carbocycles. The SMILES string of the molecule is C#CCC(NN)C1CC1. The molecule has 0 spiro atoms. The summed E-state index contributed by atoms with van der Waals surface area (Å²) in [6.45, 7) is 0. The van der Waals surface area contributed by atoms with E-state index in [1.165, 1.54) is 12.8 Å². The lowest BCUT2D eigenvalue weighted by Gasteiger charge is -2.09. The minimum Gasteiger partial charge on any atom is -0.271 e. The van der Waals surface area contributed by atoms with E-state index in [0.717, 1.165) is 12.3 Å². The van der Waals surface area contributed by atoms with E-state index in [2.05, 4.69) is 11.3 Å². The third-order valence-corrected chi connectivity index (χ3v) is 1.74. The highest BCUT2D eigenvalue weighted by atomic mass is 15.2. The van der Waals surface area contributed by atoms with Gasteiger partial charge in [0.05, 0.1) is 0 Å². The summed E-state index contributed by atoms with van der Waals surface area (Å²) >= 11 is 0. The molecule has 1 aliphatic rings. The Hall–Kier alpha value is -0.520. The number of nitrogens with one attached hydrogen (secondary N) is 1. The molecule has 9 heavy (non-hydrogen) atoms. The van der Waals surface area contributed by atoms with E-state index in [0.29, 0.717) is 6.04 Å². The lowest BCUT2D eigenvalue weighted by Crippen LogP contribution is -2.36. The Bertz CT molecular complexity index is 121. The number of hydrazine groups is 1. The maximum atomic E-state index is 5.25. The fraction of sp³-hybridized carbons (Fsp3) is 0.714. The number of terminal acetylenes is 1. The van der Waals surface area contributed by atoms with Gasteiger partial charge in [-0.2, -0.15) is 0 Å². The van der Waals surface area contributed by atoms with E-state index >= 15 is 0 Å². The summed E-state index contributed by atoms with van der Waals surface area (Å²) in [6, 6.07) is 0.370. The number of rotatable bonds is 3. The van der Waals surface area contributed by atoms with Crippen LogP contribution in [0.15, 0.2) is 0 Å². The zero-order chi connectivity index (χ0) is 6.69. The van der Waals surface area contributed by atoms with Crippen LogP contribution in [0.1, 0.15) is 19.3 Å². The van der Waals surface area contributed by atoms with Crippen LogP contribution in [0.25, 0.3) is 0 Å². The molecular weight excluding hydrogens is 112 g/mol. The molecule has 0 bridgehead atoms. The van der Waals surface area contributed by atoms with E-state index in [-0.39, 0.29) is 0 Å². The first kappa shape index (κ1) is 6.60. The highest BCUT2D eigenvalue weighted by Gasteiger charge is 2.29. The zero-order valence-corrected chi connectivity index (χ0v) is 5.43. The van der Waals surface area contributed by atoms with Crippen LogP contribution in [-0.4, -0.2) is 6.04 Å². The molecule has 0 aromatic rings. The quantitative estimate of drug-likeness (QED) is 0.321. The number of hydrogen-bond acceptors (Lipinski definition) is 2. The zero-order valence-electron chi connectivity index (χ0n) is 5.43. The van der Waals surface area contributed by atoms with Crippen molar-refractivity contribution in [2.24, 2.45) is 11.8 Å². The molecule has 1 rings (SSSR count). The molecule has 1 fully saturated rings. The van der Waals surface area contributed by atoms with Crippen LogP contribution in [0.4, 0.5) is 0 Å². The van der Waals surface area contributed by atoms with Crippen molar-refractivity contribution in [2.45, 2.75) is 25.3 Å². The van der Waals surface area contributed by atoms with Gasteiger partial charge < -0.3 is 0 Å². The van der Waals surface area contributed by atoms with Crippen LogP contribution >= 0.6 is 0 Å². The molecule has 2 nitrogen and oxygen atoms in total. The summed E-state index contributed by atoms with van der Waals surface area (Å²) in [6.07, 6.45) is 8.47. The second-order valence-electron chi connectivity index (χ2n) is 2.52. The largest absolute Gasteiger partial charge is 0.271 e. The highest BCUT2D eigenvalue weighted by molar-refractivity contribution is 4.95. The Balaban J connectivity index is 2.22. The van der Waals surface area contributed by atoms with Gasteiger partial charge in [0.25, 0.3) is 0 Å². The van der Waals surface area contributed by atoms with Gasteiger partial charge in [0.2, 0.25) is 0 Å². The maximum Gasteiger partial charge on any atom is 0.0348 e. The van der Waals surface area contributed by atoms with Gasteiger partial charge in [-0.25, -0.2) is 0 Å². The molecule has 1 atom stereocenters. The van der Waals surface area contributed by atoms with Crippen LogP contribution in [0.2, 0.25) is 0 Å². The number of nitrogens with two attached hydrogens (primary N) is 1. The van der Waals surface area contributed by atoms with Crippen molar-refractivity contribution in [3.63, 3.8) is 0 Å². The number of hydrogen-bond donors (Lipinski definition) is 2. The normalized spacial score (nSPS) is 20.9. The summed E-state index contributed by atoms with van der Waals surface area (Å²) < 4.78 is 0. The van der Waals surface area contributed by atoms with Crippen molar-refractivity contribution in [2.75, 3.05) is 0 Å². The average molecular weight is 124 g/mol. The van der Waals surface area contributed by atoms with Crippen LogP contribution in [0, 0.1) is 18.3 Å². The molecule has 0 saturated heterocycles. The fourth-order valence-corrected chi connectivity index (χ4v) is 0.987.